The minimum Gasteiger partial charge on any atom is -0.477 e. The van der Waals surface area contributed by atoms with Gasteiger partial charge in [-0.2, -0.15) is 0 Å². The summed E-state index contributed by atoms with van der Waals surface area (Å²) < 4.78 is 17.3. The number of carbonyl (C=O) groups excluding carboxylic acids is 2. The van der Waals surface area contributed by atoms with Crippen LogP contribution in [0.5, 0.6) is 0 Å². The van der Waals surface area contributed by atoms with Gasteiger partial charge in [0.25, 0.3) is 0 Å². The first-order valence-corrected chi connectivity index (χ1v) is 24.4. The maximum Gasteiger partial charge on any atom is 0.362 e. The molecule has 2 unspecified atom stereocenters. The molecule has 0 amide bonds. The molecular weight excluding hydrogens is 775 g/mol. The number of esters is 2. The molecule has 0 aromatic heterocycles. The minimum absolute atomic E-state index is 0.0384. The molecule has 0 aliphatic carbocycles. The van der Waals surface area contributed by atoms with Gasteiger partial charge in [0.1, 0.15) is 6.61 Å². The molecule has 0 fully saturated rings. The van der Waals surface area contributed by atoms with Gasteiger partial charge in [0.05, 0.1) is 34.4 Å². The van der Waals surface area contributed by atoms with Crippen LogP contribution in [0.25, 0.3) is 0 Å². The van der Waals surface area contributed by atoms with Crippen LogP contribution in [0.3, 0.4) is 0 Å². The van der Waals surface area contributed by atoms with Crippen LogP contribution >= 0.6 is 0 Å². The fourth-order valence-electron chi connectivity index (χ4n) is 6.66. The Hall–Kier alpha value is -3.75. The van der Waals surface area contributed by atoms with Crippen molar-refractivity contribution in [1.82, 2.24) is 0 Å². The predicted molar refractivity (Wildman–Crippen MR) is 261 cm³/mol. The van der Waals surface area contributed by atoms with E-state index in [0.717, 1.165) is 51.4 Å². The Bertz CT molecular complexity index is 1330. The van der Waals surface area contributed by atoms with E-state index in [1.54, 1.807) is 0 Å². The van der Waals surface area contributed by atoms with Crippen LogP contribution < -0.4 is 0 Å². The number of unbranched alkanes of at least 4 members (excludes halogenated alkanes) is 18. The molecule has 352 valence electrons. The summed E-state index contributed by atoms with van der Waals surface area (Å²) in [5.74, 6) is -1.54. The Kier molecular flexibility index (Phi) is 41.2. The molecule has 0 aromatic carbocycles. The molecule has 62 heavy (non-hydrogen) atoms. The van der Waals surface area contributed by atoms with E-state index >= 15 is 0 Å². The van der Waals surface area contributed by atoms with Crippen molar-refractivity contribution in [1.29, 1.82) is 0 Å². The van der Waals surface area contributed by atoms with E-state index in [1.807, 2.05) is 94.1 Å². The number of nitrogens with zero attached hydrogens (tertiary/aromatic N) is 1. The number of carboxylic acids is 1. The van der Waals surface area contributed by atoms with Gasteiger partial charge in [-0.05, 0) is 57.8 Å². The minimum atomic E-state index is -0.886. The molecule has 0 saturated heterocycles. The fraction of sp³-hybridized carbons (Fsp3) is 0.648. The number of hydrogen-bond acceptors (Lipinski definition) is 6. The topological polar surface area (TPSA) is 99.1 Å². The van der Waals surface area contributed by atoms with Gasteiger partial charge < -0.3 is 23.8 Å². The number of aliphatic carboxylic acids is 1. The van der Waals surface area contributed by atoms with E-state index in [1.165, 1.54) is 89.9 Å². The molecule has 8 heteroatoms. The predicted octanol–water partition coefficient (Wildman–Crippen LogP) is 13.9. The lowest BCUT2D eigenvalue weighted by atomic mass is 10.1. The molecule has 2 atom stereocenters. The molecule has 8 nitrogen and oxygen atoms in total. The van der Waals surface area contributed by atoms with Crippen LogP contribution in [0.1, 0.15) is 174 Å². The Morgan fingerprint density at radius 1 is 0.500 bits per heavy atom. The molecule has 0 rings (SSSR count). The van der Waals surface area contributed by atoms with Gasteiger partial charge in [0, 0.05) is 19.3 Å². The van der Waals surface area contributed by atoms with Crippen molar-refractivity contribution in [3.8, 4) is 0 Å². The summed E-state index contributed by atoms with van der Waals surface area (Å²) in [7, 11) is 5.51. The number of allylic oxidation sites excluding steroid dienone is 16. The standard InChI is InChI=1S/C54H89NO7/c1-6-8-10-12-14-16-18-20-22-24-26-28-30-32-34-36-38-40-42-44-52(56)61-49-50(48-60-47-46-51(54(58)59)55(3,4)5)62-53(57)45-43-41-39-37-35-33-31-29-27-25-23-21-19-17-15-13-11-9-7-2/h8,10,12,14,16,18,20,22,24-28,30,32,34,50-51H,6-7,9,11,13,15,17,19,21,23,29,31,33,35-49H2,1-5H3/p+1/b10-8+,14-12+,18-16+,22-20+,26-24+,27-25+,30-28+,34-32+. The van der Waals surface area contributed by atoms with E-state index in [-0.39, 0.29) is 36.2 Å². The van der Waals surface area contributed by atoms with Gasteiger partial charge in [-0.15, -0.1) is 0 Å². The van der Waals surface area contributed by atoms with Crippen molar-refractivity contribution in [3.63, 3.8) is 0 Å². The summed E-state index contributed by atoms with van der Waals surface area (Å²) in [6, 6.07) is -0.629. The smallest absolute Gasteiger partial charge is 0.362 e. The zero-order valence-electron chi connectivity index (χ0n) is 40.0. The monoisotopic (exact) mass is 865 g/mol. The summed E-state index contributed by atoms with van der Waals surface area (Å²) >= 11 is 0. The summed E-state index contributed by atoms with van der Waals surface area (Å²) in [5.41, 5.74) is 0. The highest BCUT2D eigenvalue weighted by molar-refractivity contribution is 5.72. The van der Waals surface area contributed by atoms with Crippen LogP contribution in [0.4, 0.5) is 0 Å². The second-order valence-electron chi connectivity index (χ2n) is 17.2. The lowest BCUT2D eigenvalue weighted by Crippen LogP contribution is -2.50. The molecular formula is C54H90NO7+. The van der Waals surface area contributed by atoms with E-state index in [4.69, 9.17) is 14.2 Å². The van der Waals surface area contributed by atoms with Gasteiger partial charge in [-0.3, -0.25) is 9.59 Å². The fourth-order valence-corrected chi connectivity index (χ4v) is 6.66. The van der Waals surface area contributed by atoms with E-state index < -0.39 is 18.1 Å². The average Bonchev–Trinajstić information content (AvgIpc) is 3.23. The molecule has 0 aliphatic rings. The average molecular weight is 865 g/mol. The number of quaternary nitrogens is 1. The summed E-state index contributed by atoms with van der Waals surface area (Å²) in [6.07, 6.45) is 58.8. The second kappa shape index (κ2) is 43.9. The molecule has 0 radical (unpaired) electrons. The zero-order chi connectivity index (χ0) is 45.6. The number of carboxylic acid groups (broad SMARTS) is 1. The lowest BCUT2D eigenvalue weighted by Gasteiger charge is -2.31. The lowest BCUT2D eigenvalue weighted by molar-refractivity contribution is -0.887. The SMILES string of the molecule is CC/C=C/C=C/C=C/C=C/C=C/C=C/C=C/CCCCCC(=O)OCC(COCCC(C(=O)O)[N+](C)(C)C)OC(=O)CCCCCCCCC/C=C/CCCCCCCCCC. The van der Waals surface area contributed by atoms with Crippen LogP contribution in [0.2, 0.25) is 0 Å². The van der Waals surface area contributed by atoms with Gasteiger partial charge in [-0.1, -0.05) is 195 Å². The third-order valence-corrected chi connectivity index (χ3v) is 10.4. The highest BCUT2D eigenvalue weighted by atomic mass is 16.6. The Morgan fingerprint density at radius 3 is 1.40 bits per heavy atom. The van der Waals surface area contributed by atoms with Gasteiger partial charge in [-0.25, -0.2) is 4.79 Å². The second-order valence-corrected chi connectivity index (χ2v) is 17.2. The van der Waals surface area contributed by atoms with Crippen molar-refractivity contribution >= 4 is 17.9 Å². The van der Waals surface area contributed by atoms with Crippen molar-refractivity contribution in [2.45, 2.75) is 187 Å². The number of carbonyl (C=O) groups is 3. The summed E-state index contributed by atoms with van der Waals surface area (Å²) in [4.78, 5) is 37.1. The molecule has 1 N–H and O–H groups in total. The largest absolute Gasteiger partial charge is 0.477 e. The van der Waals surface area contributed by atoms with Crippen LogP contribution in [0, 0.1) is 0 Å². The van der Waals surface area contributed by atoms with Gasteiger partial charge in [0.15, 0.2) is 12.1 Å². The molecule has 0 aliphatic heterocycles. The van der Waals surface area contributed by atoms with E-state index in [0.29, 0.717) is 19.3 Å². The van der Waals surface area contributed by atoms with Crippen LogP contribution in [0.15, 0.2) is 97.2 Å². The zero-order valence-corrected chi connectivity index (χ0v) is 40.0. The number of ether oxygens (including phenoxy) is 3. The van der Waals surface area contributed by atoms with Gasteiger partial charge >= 0.3 is 17.9 Å². The highest BCUT2D eigenvalue weighted by Crippen LogP contribution is 2.14. The Morgan fingerprint density at radius 2 is 0.919 bits per heavy atom. The normalized spacial score (nSPS) is 13.8. The van der Waals surface area contributed by atoms with Crippen LogP contribution in [-0.2, 0) is 28.6 Å². The maximum atomic E-state index is 12.8. The van der Waals surface area contributed by atoms with Gasteiger partial charge in [0.2, 0.25) is 0 Å². The molecule has 0 bridgehead atoms. The Labute approximate surface area is 379 Å². The van der Waals surface area contributed by atoms with E-state index in [2.05, 4.69) is 38.2 Å². The highest BCUT2D eigenvalue weighted by Gasteiger charge is 2.31. The molecule has 0 heterocycles. The molecule has 0 aromatic rings. The molecule has 0 spiro atoms. The van der Waals surface area contributed by atoms with Crippen molar-refractivity contribution in [3.05, 3.63) is 97.2 Å². The van der Waals surface area contributed by atoms with Crippen molar-refractivity contribution < 1.29 is 38.2 Å². The third-order valence-electron chi connectivity index (χ3n) is 10.4. The number of likely N-dealkylation sites (N-methyl/N-ethyl adjacent to an activating group) is 1. The first-order chi connectivity index (χ1) is 30.1. The van der Waals surface area contributed by atoms with Crippen LogP contribution in [-0.4, -0.2) is 80.6 Å². The number of hydrogen-bond donors (Lipinski definition) is 1. The van der Waals surface area contributed by atoms with Crippen molar-refractivity contribution in [2.24, 2.45) is 0 Å². The quantitative estimate of drug-likeness (QED) is 0.0214. The number of rotatable bonds is 42. The first kappa shape index (κ1) is 58.2. The first-order valence-electron chi connectivity index (χ1n) is 24.4. The van der Waals surface area contributed by atoms with E-state index in [9.17, 15) is 19.5 Å². The molecule has 0 saturated carbocycles. The third kappa shape index (κ3) is 41.6. The van der Waals surface area contributed by atoms with Crippen molar-refractivity contribution in [2.75, 3.05) is 41.0 Å². The Balaban J connectivity index is 4.41. The maximum absolute atomic E-state index is 12.8. The summed E-state index contributed by atoms with van der Waals surface area (Å²) in [6.45, 7) is 4.53. The summed E-state index contributed by atoms with van der Waals surface area (Å²) in [5, 5.41) is 9.64.